The smallest absolute Gasteiger partial charge is 0.258 e. The highest BCUT2D eigenvalue weighted by atomic mass is 32.2. The second-order valence-corrected chi connectivity index (χ2v) is 7.72. The first-order valence-electron chi connectivity index (χ1n) is 7.97. The second kappa shape index (κ2) is 6.91. The summed E-state index contributed by atoms with van der Waals surface area (Å²) >= 11 is 0. The number of nitrogens with one attached hydrogen (secondary N) is 2. The lowest BCUT2D eigenvalue weighted by Gasteiger charge is -2.06. The molecule has 132 valence electrons. The van der Waals surface area contributed by atoms with E-state index in [1.165, 1.54) is 12.3 Å². The van der Waals surface area contributed by atoms with Gasteiger partial charge >= 0.3 is 0 Å². The number of aromatic nitrogens is 3. The van der Waals surface area contributed by atoms with E-state index in [9.17, 15) is 8.42 Å². The normalized spacial score (nSPS) is 12.2. The fourth-order valence-corrected chi connectivity index (χ4v) is 3.51. The molecule has 0 aromatic carbocycles. The zero-order chi connectivity index (χ0) is 18.0. The van der Waals surface area contributed by atoms with E-state index < -0.39 is 10.0 Å². The molecular formula is C17H20N4O3S. The summed E-state index contributed by atoms with van der Waals surface area (Å²) in [7, 11) is -3.71. The van der Waals surface area contributed by atoms with E-state index in [2.05, 4.69) is 39.6 Å². The maximum absolute atomic E-state index is 12.0. The summed E-state index contributed by atoms with van der Waals surface area (Å²) in [5.74, 6) is 0.352. The van der Waals surface area contributed by atoms with Gasteiger partial charge in [-0.25, -0.2) is 23.1 Å². The molecule has 25 heavy (non-hydrogen) atoms. The number of aliphatic hydroxyl groups is 1. The third-order valence-corrected chi connectivity index (χ3v) is 5.28. The molecule has 0 radical (unpaired) electrons. The molecule has 0 fully saturated rings. The van der Waals surface area contributed by atoms with Gasteiger partial charge in [-0.15, -0.1) is 0 Å². The van der Waals surface area contributed by atoms with Gasteiger partial charge in [-0.05, 0) is 35.7 Å². The minimum atomic E-state index is -3.71. The van der Waals surface area contributed by atoms with Crippen LogP contribution in [0, 0.1) is 0 Å². The lowest BCUT2D eigenvalue weighted by atomic mass is 10.0. The van der Waals surface area contributed by atoms with Crippen molar-refractivity contribution in [3.8, 4) is 11.1 Å². The second-order valence-electron chi connectivity index (χ2n) is 6.01. The first kappa shape index (κ1) is 17.5. The average molecular weight is 360 g/mol. The fraction of sp³-hybridized carbons (Fsp3) is 0.294. The van der Waals surface area contributed by atoms with Crippen molar-refractivity contribution in [3.05, 3.63) is 42.4 Å². The Morgan fingerprint density at radius 3 is 2.68 bits per heavy atom. The van der Waals surface area contributed by atoms with Gasteiger partial charge in [0.15, 0.2) is 5.03 Å². The number of nitrogens with zero attached hydrogens (tertiary/aromatic N) is 2. The molecule has 0 spiro atoms. The van der Waals surface area contributed by atoms with Crippen LogP contribution in [-0.4, -0.2) is 41.6 Å². The van der Waals surface area contributed by atoms with Gasteiger partial charge in [-0.1, -0.05) is 13.8 Å². The van der Waals surface area contributed by atoms with Crippen LogP contribution >= 0.6 is 0 Å². The van der Waals surface area contributed by atoms with Crippen LogP contribution in [0.2, 0.25) is 0 Å². The van der Waals surface area contributed by atoms with Crippen LogP contribution in [0.25, 0.3) is 22.2 Å². The van der Waals surface area contributed by atoms with Gasteiger partial charge in [0.25, 0.3) is 10.0 Å². The van der Waals surface area contributed by atoms with Crippen LogP contribution in [0.4, 0.5) is 0 Å². The van der Waals surface area contributed by atoms with E-state index in [4.69, 9.17) is 5.11 Å². The number of pyridine rings is 2. The Hall–Kier alpha value is -2.29. The summed E-state index contributed by atoms with van der Waals surface area (Å²) in [6.45, 7) is 3.89. The van der Waals surface area contributed by atoms with E-state index in [0.717, 1.165) is 27.9 Å². The van der Waals surface area contributed by atoms with E-state index in [-0.39, 0.29) is 18.2 Å². The van der Waals surface area contributed by atoms with Crippen LogP contribution in [0.3, 0.4) is 0 Å². The van der Waals surface area contributed by atoms with Gasteiger partial charge in [0.2, 0.25) is 0 Å². The van der Waals surface area contributed by atoms with Crippen molar-refractivity contribution in [2.45, 2.75) is 24.8 Å². The van der Waals surface area contributed by atoms with E-state index in [0.29, 0.717) is 5.92 Å². The molecule has 3 aromatic heterocycles. The molecule has 0 aliphatic rings. The Bertz CT molecular complexity index is 979. The van der Waals surface area contributed by atoms with Gasteiger partial charge < -0.3 is 10.1 Å². The molecule has 0 unspecified atom stereocenters. The van der Waals surface area contributed by atoms with E-state index in [1.807, 2.05) is 6.07 Å². The summed E-state index contributed by atoms with van der Waals surface area (Å²) in [5.41, 5.74) is 3.63. The molecule has 7 nitrogen and oxygen atoms in total. The lowest BCUT2D eigenvalue weighted by Crippen LogP contribution is -2.27. The average Bonchev–Trinajstić information content (AvgIpc) is 3.05. The van der Waals surface area contributed by atoms with Crippen LogP contribution in [0.1, 0.15) is 25.5 Å². The number of hydrogen-bond acceptors (Lipinski definition) is 5. The van der Waals surface area contributed by atoms with E-state index >= 15 is 0 Å². The molecule has 0 saturated carbocycles. The van der Waals surface area contributed by atoms with Gasteiger partial charge in [-0.3, -0.25) is 0 Å². The maximum Gasteiger partial charge on any atom is 0.258 e. The number of aliphatic hydroxyl groups excluding tert-OH is 1. The molecule has 0 bridgehead atoms. The van der Waals surface area contributed by atoms with Crippen molar-refractivity contribution >= 4 is 21.1 Å². The molecular weight excluding hydrogens is 340 g/mol. The predicted molar refractivity (Wildman–Crippen MR) is 95.7 cm³/mol. The quantitative estimate of drug-likeness (QED) is 0.623. The van der Waals surface area contributed by atoms with Crippen molar-refractivity contribution in [2.24, 2.45) is 0 Å². The molecule has 0 aliphatic carbocycles. The third-order valence-electron chi connectivity index (χ3n) is 3.90. The highest BCUT2D eigenvalue weighted by Crippen LogP contribution is 2.29. The monoisotopic (exact) mass is 360 g/mol. The lowest BCUT2D eigenvalue weighted by molar-refractivity contribution is 0.301. The van der Waals surface area contributed by atoms with Crippen molar-refractivity contribution in [2.75, 3.05) is 13.2 Å². The number of H-pyrrole nitrogens is 1. The van der Waals surface area contributed by atoms with Crippen LogP contribution in [0.5, 0.6) is 0 Å². The fourth-order valence-electron chi connectivity index (χ4n) is 2.56. The minimum Gasteiger partial charge on any atom is -0.395 e. The molecule has 8 heteroatoms. The number of hydrogen-bond donors (Lipinski definition) is 3. The molecule has 3 rings (SSSR count). The minimum absolute atomic E-state index is 0.0436. The predicted octanol–water partition coefficient (Wildman–Crippen LogP) is 2.02. The number of fused-ring (bicyclic) bond motifs is 1. The summed E-state index contributed by atoms with van der Waals surface area (Å²) in [6.07, 6.45) is 3.25. The van der Waals surface area contributed by atoms with Crippen LogP contribution in [0.15, 0.2) is 41.7 Å². The van der Waals surface area contributed by atoms with Crippen molar-refractivity contribution < 1.29 is 13.5 Å². The Morgan fingerprint density at radius 1 is 1.24 bits per heavy atom. The molecule has 3 aromatic rings. The van der Waals surface area contributed by atoms with Gasteiger partial charge in [-0.2, -0.15) is 0 Å². The molecule has 0 atom stereocenters. The zero-order valence-electron chi connectivity index (χ0n) is 14.0. The van der Waals surface area contributed by atoms with Crippen molar-refractivity contribution in [1.29, 1.82) is 0 Å². The third kappa shape index (κ3) is 3.55. The van der Waals surface area contributed by atoms with Crippen molar-refractivity contribution in [1.82, 2.24) is 19.7 Å². The van der Waals surface area contributed by atoms with Crippen molar-refractivity contribution in [3.63, 3.8) is 0 Å². The zero-order valence-corrected chi connectivity index (χ0v) is 14.8. The highest BCUT2D eigenvalue weighted by molar-refractivity contribution is 7.89. The molecule has 0 aliphatic heterocycles. The standard InChI is InChI=1S/C17H20N4O3S/c1-11(2)15-9-14-13(5-6-18-17(14)21-15)12-3-4-16(19-10-12)25(23,24)20-7-8-22/h3-6,9-11,20,22H,7-8H2,1-2H3,(H,18,21). The Balaban J connectivity index is 1.99. The first-order chi connectivity index (χ1) is 11.9. The van der Waals surface area contributed by atoms with Gasteiger partial charge in [0.1, 0.15) is 5.65 Å². The van der Waals surface area contributed by atoms with Gasteiger partial charge in [0.05, 0.1) is 6.61 Å². The molecule has 3 N–H and O–H groups in total. The van der Waals surface area contributed by atoms with Gasteiger partial charge in [0, 0.05) is 35.6 Å². The Morgan fingerprint density at radius 2 is 2.04 bits per heavy atom. The number of sulfonamides is 1. The Labute approximate surface area is 146 Å². The topological polar surface area (TPSA) is 108 Å². The van der Waals surface area contributed by atoms with Crippen LogP contribution in [-0.2, 0) is 10.0 Å². The summed E-state index contributed by atoms with van der Waals surface area (Å²) in [5, 5.41) is 9.65. The summed E-state index contributed by atoms with van der Waals surface area (Å²) in [4.78, 5) is 11.7. The SMILES string of the molecule is CC(C)c1cc2c(-c3ccc(S(=O)(=O)NCCO)nc3)ccnc2[nH]1. The van der Waals surface area contributed by atoms with Crippen LogP contribution < -0.4 is 4.72 Å². The number of aromatic amines is 1. The van der Waals surface area contributed by atoms with E-state index in [1.54, 1.807) is 12.3 Å². The molecule has 3 heterocycles. The first-order valence-corrected chi connectivity index (χ1v) is 9.45. The Kier molecular flexibility index (Phi) is 4.85. The highest BCUT2D eigenvalue weighted by Gasteiger charge is 2.16. The summed E-state index contributed by atoms with van der Waals surface area (Å²) in [6, 6.07) is 7.12. The largest absolute Gasteiger partial charge is 0.395 e. The number of rotatable bonds is 6. The maximum atomic E-state index is 12.0. The molecule has 0 amide bonds. The molecule has 0 saturated heterocycles. The summed E-state index contributed by atoms with van der Waals surface area (Å²) < 4.78 is 26.3.